The SMILES string of the molecule is CC(NCc1ccc2cnccc2c1)c1ccccc1Br. The fourth-order valence-corrected chi connectivity index (χ4v) is 3.08. The molecule has 0 saturated heterocycles. The molecule has 3 rings (SSSR count). The van der Waals surface area contributed by atoms with Crippen LogP contribution >= 0.6 is 15.9 Å². The zero-order chi connectivity index (χ0) is 14.7. The average molecular weight is 341 g/mol. The van der Waals surface area contributed by atoms with Crippen LogP contribution in [0.5, 0.6) is 0 Å². The van der Waals surface area contributed by atoms with E-state index in [1.807, 2.05) is 18.5 Å². The smallest absolute Gasteiger partial charge is 0.0346 e. The van der Waals surface area contributed by atoms with E-state index in [0.29, 0.717) is 6.04 Å². The molecule has 2 nitrogen and oxygen atoms in total. The lowest BCUT2D eigenvalue weighted by Gasteiger charge is -2.16. The number of nitrogens with zero attached hydrogens (tertiary/aromatic N) is 1. The largest absolute Gasteiger partial charge is 0.306 e. The molecule has 0 saturated carbocycles. The van der Waals surface area contributed by atoms with Gasteiger partial charge in [0.25, 0.3) is 0 Å². The number of hydrogen-bond donors (Lipinski definition) is 1. The number of hydrogen-bond acceptors (Lipinski definition) is 2. The summed E-state index contributed by atoms with van der Waals surface area (Å²) >= 11 is 3.61. The first kappa shape index (κ1) is 14.2. The third-order valence-electron chi connectivity index (χ3n) is 3.69. The fourth-order valence-electron chi connectivity index (χ4n) is 2.45. The van der Waals surface area contributed by atoms with E-state index in [9.17, 15) is 0 Å². The van der Waals surface area contributed by atoms with E-state index < -0.39 is 0 Å². The molecule has 0 fully saturated rings. The van der Waals surface area contributed by atoms with Crippen LogP contribution in [0, 0.1) is 0 Å². The van der Waals surface area contributed by atoms with Crippen molar-refractivity contribution in [3.63, 3.8) is 0 Å². The minimum absolute atomic E-state index is 0.300. The molecule has 3 heteroatoms. The van der Waals surface area contributed by atoms with E-state index in [2.05, 4.69) is 75.6 Å². The molecule has 0 amide bonds. The predicted molar refractivity (Wildman–Crippen MR) is 91.1 cm³/mol. The molecular formula is C18H17BrN2. The summed E-state index contributed by atoms with van der Waals surface area (Å²) in [5, 5.41) is 5.99. The molecule has 0 aliphatic carbocycles. The van der Waals surface area contributed by atoms with Gasteiger partial charge in [-0.15, -0.1) is 0 Å². The van der Waals surface area contributed by atoms with Gasteiger partial charge < -0.3 is 5.32 Å². The molecule has 1 aromatic heterocycles. The molecule has 0 radical (unpaired) electrons. The van der Waals surface area contributed by atoms with Crippen molar-refractivity contribution < 1.29 is 0 Å². The molecule has 1 unspecified atom stereocenters. The third-order valence-corrected chi connectivity index (χ3v) is 4.41. The Morgan fingerprint density at radius 2 is 1.95 bits per heavy atom. The van der Waals surface area contributed by atoms with Crippen LogP contribution in [0.2, 0.25) is 0 Å². The molecule has 2 aromatic carbocycles. The Morgan fingerprint density at radius 1 is 1.10 bits per heavy atom. The van der Waals surface area contributed by atoms with Crippen LogP contribution < -0.4 is 5.32 Å². The monoisotopic (exact) mass is 340 g/mol. The van der Waals surface area contributed by atoms with Gasteiger partial charge in [-0.2, -0.15) is 0 Å². The van der Waals surface area contributed by atoms with E-state index in [-0.39, 0.29) is 0 Å². The first-order chi connectivity index (χ1) is 10.2. The maximum Gasteiger partial charge on any atom is 0.0346 e. The molecule has 3 aromatic rings. The Morgan fingerprint density at radius 3 is 2.81 bits per heavy atom. The van der Waals surface area contributed by atoms with Crippen molar-refractivity contribution >= 4 is 26.7 Å². The Kier molecular flexibility index (Phi) is 4.32. The Bertz CT molecular complexity index is 755. The lowest BCUT2D eigenvalue weighted by molar-refractivity contribution is 0.573. The summed E-state index contributed by atoms with van der Waals surface area (Å²) in [5.74, 6) is 0. The van der Waals surface area contributed by atoms with Crippen LogP contribution in [0.3, 0.4) is 0 Å². The zero-order valence-corrected chi connectivity index (χ0v) is 13.5. The molecular weight excluding hydrogens is 324 g/mol. The highest BCUT2D eigenvalue weighted by Crippen LogP contribution is 2.23. The van der Waals surface area contributed by atoms with Gasteiger partial charge in [-0.05, 0) is 41.6 Å². The number of rotatable bonds is 4. The summed E-state index contributed by atoms with van der Waals surface area (Å²) in [7, 11) is 0. The number of aromatic nitrogens is 1. The van der Waals surface area contributed by atoms with Crippen molar-refractivity contribution in [3.8, 4) is 0 Å². The standard InChI is InChI=1S/C18H17BrN2/c1-13(17-4-2-3-5-18(17)19)21-11-14-6-7-16-12-20-9-8-15(16)10-14/h2-10,12-13,21H,11H2,1H3. The topological polar surface area (TPSA) is 24.9 Å². The fraction of sp³-hybridized carbons (Fsp3) is 0.167. The summed E-state index contributed by atoms with van der Waals surface area (Å²) in [5.41, 5.74) is 2.56. The normalized spacial score (nSPS) is 12.5. The van der Waals surface area contributed by atoms with Crippen LogP contribution in [-0.4, -0.2) is 4.98 Å². The van der Waals surface area contributed by atoms with Crippen molar-refractivity contribution in [1.29, 1.82) is 0 Å². The van der Waals surface area contributed by atoms with Crippen molar-refractivity contribution in [2.45, 2.75) is 19.5 Å². The third kappa shape index (κ3) is 3.31. The van der Waals surface area contributed by atoms with Gasteiger partial charge in [-0.25, -0.2) is 0 Å². The van der Waals surface area contributed by atoms with Crippen LogP contribution in [0.4, 0.5) is 0 Å². The van der Waals surface area contributed by atoms with E-state index in [1.165, 1.54) is 21.9 Å². The molecule has 0 bridgehead atoms. The van der Waals surface area contributed by atoms with Crippen molar-refractivity contribution in [2.24, 2.45) is 0 Å². The van der Waals surface area contributed by atoms with Crippen LogP contribution in [0.25, 0.3) is 10.8 Å². The van der Waals surface area contributed by atoms with Crippen LogP contribution in [0.1, 0.15) is 24.1 Å². The summed E-state index contributed by atoms with van der Waals surface area (Å²) < 4.78 is 1.15. The number of pyridine rings is 1. The highest BCUT2D eigenvalue weighted by Gasteiger charge is 2.08. The molecule has 0 aliphatic rings. The maximum atomic E-state index is 4.15. The number of benzene rings is 2. The van der Waals surface area contributed by atoms with Gasteiger partial charge in [0.15, 0.2) is 0 Å². The van der Waals surface area contributed by atoms with Crippen molar-refractivity contribution in [2.75, 3.05) is 0 Å². The van der Waals surface area contributed by atoms with E-state index in [4.69, 9.17) is 0 Å². The summed E-state index contributed by atoms with van der Waals surface area (Å²) in [6.45, 7) is 3.03. The van der Waals surface area contributed by atoms with Gasteiger partial charge >= 0.3 is 0 Å². The molecule has 0 spiro atoms. The second kappa shape index (κ2) is 6.37. The predicted octanol–water partition coefficient (Wildman–Crippen LogP) is 4.85. The second-order valence-electron chi connectivity index (χ2n) is 5.18. The van der Waals surface area contributed by atoms with Crippen LogP contribution in [0.15, 0.2) is 65.4 Å². The number of fused-ring (bicyclic) bond motifs is 1. The van der Waals surface area contributed by atoms with Gasteiger partial charge in [0.05, 0.1) is 0 Å². The summed E-state index contributed by atoms with van der Waals surface area (Å²) in [6, 6.07) is 17.2. The van der Waals surface area contributed by atoms with Gasteiger partial charge in [0.1, 0.15) is 0 Å². The van der Waals surface area contributed by atoms with E-state index in [1.54, 1.807) is 0 Å². The second-order valence-corrected chi connectivity index (χ2v) is 6.04. The number of halogens is 1. The Balaban J connectivity index is 1.73. The van der Waals surface area contributed by atoms with Crippen LogP contribution in [-0.2, 0) is 6.54 Å². The van der Waals surface area contributed by atoms with Gasteiger partial charge in [-0.3, -0.25) is 4.98 Å². The van der Waals surface area contributed by atoms with Gasteiger partial charge in [-0.1, -0.05) is 46.3 Å². The van der Waals surface area contributed by atoms with Crippen molar-refractivity contribution in [1.82, 2.24) is 10.3 Å². The lowest BCUT2D eigenvalue weighted by atomic mass is 10.1. The summed E-state index contributed by atoms with van der Waals surface area (Å²) in [4.78, 5) is 4.15. The maximum absolute atomic E-state index is 4.15. The zero-order valence-electron chi connectivity index (χ0n) is 11.9. The minimum Gasteiger partial charge on any atom is -0.306 e. The average Bonchev–Trinajstić information content (AvgIpc) is 2.53. The quantitative estimate of drug-likeness (QED) is 0.734. The highest BCUT2D eigenvalue weighted by atomic mass is 79.9. The molecule has 1 heterocycles. The number of nitrogens with one attached hydrogen (secondary N) is 1. The molecule has 1 atom stereocenters. The Hall–Kier alpha value is -1.71. The van der Waals surface area contributed by atoms with Gasteiger partial charge in [0, 0.05) is 34.8 Å². The van der Waals surface area contributed by atoms with E-state index in [0.717, 1.165) is 11.0 Å². The first-order valence-corrected chi connectivity index (χ1v) is 7.84. The molecule has 21 heavy (non-hydrogen) atoms. The lowest BCUT2D eigenvalue weighted by Crippen LogP contribution is -2.18. The first-order valence-electron chi connectivity index (χ1n) is 7.04. The molecule has 1 N–H and O–H groups in total. The summed E-state index contributed by atoms with van der Waals surface area (Å²) in [6.07, 6.45) is 3.74. The van der Waals surface area contributed by atoms with Gasteiger partial charge in [0.2, 0.25) is 0 Å². The highest BCUT2D eigenvalue weighted by molar-refractivity contribution is 9.10. The molecule has 106 valence electrons. The molecule has 0 aliphatic heterocycles. The van der Waals surface area contributed by atoms with Crippen molar-refractivity contribution in [3.05, 3.63) is 76.5 Å². The minimum atomic E-state index is 0.300. The van der Waals surface area contributed by atoms with E-state index >= 15 is 0 Å². The Labute approximate surface area is 133 Å².